The summed E-state index contributed by atoms with van der Waals surface area (Å²) in [7, 11) is 0. The Morgan fingerprint density at radius 3 is 3.00 bits per heavy atom. The summed E-state index contributed by atoms with van der Waals surface area (Å²) in [6.07, 6.45) is 3.45. The summed E-state index contributed by atoms with van der Waals surface area (Å²) >= 11 is 9.43. The predicted molar refractivity (Wildman–Crippen MR) is 64.2 cm³/mol. The molecule has 0 fully saturated rings. The van der Waals surface area contributed by atoms with Gasteiger partial charge in [0.2, 0.25) is 0 Å². The number of pyridine rings is 1. The Bertz CT molecular complexity index is 662. The highest BCUT2D eigenvalue weighted by molar-refractivity contribution is 9.10. The average Bonchev–Trinajstić information content (AvgIpc) is 2.54. The molecule has 0 saturated heterocycles. The van der Waals surface area contributed by atoms with Crippen LogP contribution in [0.15, 0.2) is 39.5 Å². The van der Waals surface area contributed by atoms with Gasteiger partial charge >= 0.3 is 0 Å². The molecule has 2 heterocycles. The first-order valence-electron chi connectivity index (χ1n) is 4.37. The molecule has 4 heteroatoms. The molecule has 0 aliphatic heterocycles. The Hall–Kier alpha value is -1.06. The van der Waals surface area contributed by atoms with Gasteiger partial charge in [-0.3, -0.25) is 4.98 Å². The third-order valence-corrected chi connectivity index (χ3v) is 3.14. The molecule has 0 radical (unpaired) electrons. The molecule has 0 N–H and O–H groups in total. The van der Waals surface area contributed by atoms with Crippen LogP contribution in [0.4, 0.5) is 0 Å². The van der Waals surface area contributed by atoms with E-state index in [2.05, 4.69) is 20.9 Å². The van der Waals surface area contributed by atoms with Gasteiger partial charge in [0.15, 0.2) is 5.58 Å². The summed E-state index contributed by atoms with van der Waals surface area (Å²) in [4.78, 5) is 4.02. The number of hydrogen-bond acceptors (Lipinski definition) is 2. The normalized spacial score (nSPS) is 11.3. The Morgan fingerprint density at radius 1 is 1.27 bits per heavy atom. The van der Waals surface area contributed by atoms with Crippen molar-refractivity contribution in [2.75, 3.05) is 0 Å². The van der Waals surface area contributed by atoms with Crippen molar-refractivity contribution in [1.82, 2.24) is 4.98 Å². The minimum atomic E-state index is 0.654. The lowest BCUT2D eigenvalue weighted by molar-refractivity contribution is 0.667. The molecule has 0 amide bonds. The van der Waals surface area contributed by atoms with Crippen LogP contribution in [-0.4, -0.2) is 4.98 Å². The summed E-state index contributed by atoms with van der Waals surface area (Å²) in [5.74, 6) is 0. The van der Waals surface area contributed by atoms with E-state index >= 15 is 0 Å². The lowest BCUT2D eigenvalue weighted by Gasteiger charge is -1.94. The van der Waals surface area contributed by atoms with Crippen molar-refractivity contribution < 1.29 is 4.42 Å². The van der Waals surface area contributed by atoms with Gasteiger partial charge in [0, 0.05) is 32.5 Å². The third-order valence-electron chi connectivity index (χ3n) is 2.29. The molecule has 2 aromatic heterocycles. The Morgan fingerprint density at radius 2 is 2.13 bits per heavy atom. The molecule has 3 rings (SSSR count). The molecular formula is C11H5BrClNO. The smallest absolute Gasteiger partial charge is 0.153 e. The predicted octanol–water partition coefficient (Wildman–Crippen LogP) is 4.40. The first-order chi connectivity index (χ1) is 7.25. The summed E-state index contributed by atoms with van der Waals surface area (Å²) in [5, 5.41) is 2.74. The number of rotatable bonds is 0. The highest BCUT2D eigenvalue weighted by Gasteiger charge is 2.10. The number of furan rings is 1. The van der Waals surface area contributed by atoms with Gasteiger partial charge in [-0.1, -0.05) is 11.6 Å². The minimum Gasteiger partial charge on any atom is -0.454 e. The molecular weight excluding hydrogens is 277 g/mol. The molecule has 3 aromatic rings. The number of nitrogens with zero attached hydrogens (tertiary/aromatic N) is 1. The van der Waals surface area contributed by atoms with Gasteiger partial charge in [-0.2, -0.15) is 0 Å². The van der Waals surface area contributed by atoms with Crippen LogP contribution in [0.3, 0.4) is 0 Å². The molecule has 0 unspecified atom stereocenters. The zero-order valence-corrected chi connectivity index (χ0v) is 9.84. The largest absolute Gasteiger partial charge is 0.454 e. The molecule has 0 saturated carbocycles. The van der Waals surface area contributed by atoms with Crippen LogP contribution < -0.4 is 0 Å². The second-order valence-corrected chi connectivity index (χ2v) is 4.53. The quantitative estimate of drug-likeness (QED) is 0.611. The maximum Gasteiger partial charge on any atom is 0.153 e. The molecule has 0 aliphatic carbocycles. The number of fused-ring (bicyclic) bond motifs is 3. The van der Waals surface area contributed by atoms with Gasteiger partial charge in [0.05, 0.1) is 6.20 Å². The van der Waals surface area contributed by atoms with Gasteiger partial charge in [-0.05, 0) is 28.1 Å². The van der Waals surface area contributed by atoms with Crippen LogP contribution in [0.2, 0.25) is 5.02 Å². The van der Waals surface area contributed by atoms with E-state index in [0.29, 0.717) is 5.02 Å². The molecule has 2 nitrogen and oxygen atoms in total. The van der Waals surface area contributed by atoms with E-state index in [1.54, 1.807) is 12.4 Å². The number of halogens is 2. The number of benzene rings is 1. The topological polar surface area (TPSA) is 26.0 Å². The molecule has 0 aliphatic rings. The maximum absolute atomic E-state index is 5.95. The van der Waals surface area contributed by atoms with Gasteiger partial charge in [-0.25, -0.2) is 0 Å². The molecule has 74 valence electrons. The molecule has 0 atom stereocenters. The first kappa shape index (κ1) is 9.19. The van der Waals surface area contributed by atoms with E-state index in [4.69, 9.17) is 16.0 Å². The highest BCUT2D eigenvalue weighted by Crippen LogP contribution is 2.35. The second-order valence-electron chi connectivity index (χ2n) is 3.23. The van der Waals surface area contributed by atoms with Crippen LogP contribution in [0.1, 0.15) is 0 Å². The van der Waals surface area contributed by atoms with Crippen molar-refractivity contribution in [2.45, 2.75) is 0 Å². The Kier molecular flexibility index (Phi) is 1.97. The Balaban J connectivity index is 2.61. The van der Waals surface area contributed by atoms with Crippen molar-refractivity contribution in [3.05, 3.63) is 40.1 Å². The van der Waals surface area contributed by atoms with Gasteiger partial charge in [0.25, 0.3) is 0 Å². The zero-order valence-electron chi connectivity index (χ0n) is 7.50. The van der Waals surface area contributed by atoms with E-state index in [1.807, 2.05) is 18.2 Å². The minimum absolute atomic E-state index is 0.654. The summed E-state index contributed by atoms with van der Waals surface area (Å²) in [6, 6.07) is 5.60. The van der Waals surface area contributed by atoms with Crippen LogP contribution in [0.25, 0.3) is 21.9 Å². The van der Waals surface area contributed by atoms with Crippen molar-refractivity contribution in [3.8, 4) is 0 Å². The summed E-state index contributed by atoms with van der Waals surface area (Å²) in [6.45, 7) is 0. The Labute approximate surface area is 99.0 Å². The van der Waals surface area contributed by atoms with Crippen molar-refractivity contribution in [1.29, 1.82) is 0 Å². The molecule has 0 spiro atoms. The van der Waals surface area contributed by atoms with E-state index in [1.165, 1.54) is 0 Å². The SMILES string of the molecule is Clc1cc(Br)c2c(c1)oc1cnccc12. The fourth-order valence-electron chi connectivity index (χ4n) is 1.68. The van der Waals surface area contributed by atoms with E-state index in [0.717, 1.165) is 26.4 Å². The van der Waals surface area contributed by atoms with Crippen molar-refractivity contribution >= 4 is 49.5 Å². The van der Waals surface area contributed by atoms with E-state index in [-0.39, 0.29) is 0 Å². The average molecular weight is 283 g/mol. The third kappa shape index (κ3) is 1.34. The van der Waals surface area contributed by atoms with Gasteiger partial charge < -0.3 is 4.42 Å². The van der Waals surface area contributed by atoms with Crippen molar-refractivity contribution in [3.63, 3.8) is 0 Å². The second kappa shape index (κ2) is 3.22. The van der Waals surface area contributed by atoms with E-state index < -0.39 is 0 Å². The number of aromatic nitrogens is 1. The fourth-order valence-corrected chi connectivity index (χ4v) is 2.67. The number of hydrogen-bond donors (Lipinski definition) is 0. The van der Waals surface area contributed by atoms with Crippen LogP contribution in [0.5, 0.6) is 0 Å². The standard InChI is InChI=1S/C11H5BrClNO/c12-8-3-6(13)4-9-11(8)7-1-2-14-5-10(7)15-9/h1-5H. The van der Waals surface area contributed by atoms with Crippen LogP contribution in [0, 0.1) is 0 Å². The monoisotopic (exact) mass is 281 g/mol. The van der Waals surface area contributed by atoms with Crippen LogP contribution >= 0.6 is 27.5 Å². The van der Waals surface area contributed by atoms with Gasteiger partial charge in [0.1, 0.15) is 5.58 Å². The van der Waals surface area contributed by atoms with E-state index in [9.17, 15) is 0 Å². The lowest BCUT2D eigenvalue weighted by Crippen LogP contribution is -1.71. The fraction of sp³-hybridized carbons (Fsp3) is 0. The van der Waals surface area contributed by atoms with Crippen LogP contribution in [-0.2, 0) is 0 Å². The molecule has 0 bridgehead atoms. The highest BCUT2D eigenvalue weighted by atomic mass is 79.9. The molecule has 15 heavy (non-hydrogen) atoms. The zero-order chi connectivity index (χ0) is 10.4. The maximum atomic E-state index is 5.95. The lowest BCUT2D eigenvalue weighted by atomic mass is 10.2. The molecule has 1 aromatic carbocycles. The summed E-state index contributed by atoms with van der Waals surface area (Å²) in [5.41, 5.74) is 1.55. The first-order valence-corrected chi connectivity index (χ1v) is 5.54. The summed E-state index contributed by atoms with van der Waals surface area (Å²) < 4.78 is 6.58. The van der Waals surface area contributed by atoms with Crippen molar-refractivity contribution in [2.24, 2.45) is 0 Å². The van der Waals surface area contributed by atoms with Gasteiger partial charge in [-0.15, -0.1) is 0 Å².